The maximum Gasteiger partial charge on any atom is 0.111 e. The van der Waals surface area contributed by atoms with Gasteiger partial charge in [0.1, 0.15) is 5.76 Å². The summed E-state index contributed by atoms with van der Waals surface area (Å²) in [4.78, 5) is 0. The lowest BCUT2D eigenvalue weighted by molar-refractivity contribution is 0.399. The first-order chi connectivity index (χ1) is 7.24. The molecule has 0 aromatic rings. The molecule has 0 saturated carbocycles. The molecule has 0 aliphatic rings. The van der Waals surface area contributed by atoms with Gasteiger partial charge in [-0.15, -0.1) is 6.58 Å². The van der Waals surface area contributed by atoms with Crippen LogP contribution in [0.25, 0.3) is 0 Å². The average Bonchev–Trinajstić information content (AvgIpc) is 2.33. The molecule has 90 valence electrons. The fraction of sp³-hybridized carbons (Fsp3) is 0.538. The lowest BCUT2D eigenvalue weighted by Gasteiger charge is -1.98. The number of allylic oxidation sites excluding steroid dienone is 4. The molecule has 0 spiro atoms. The predicted molar refractivity (Wildman–Crippen MR) is 69.1 cm³/mol. The van der Waals surface area contributed by atoms with E-state index in [0.717, 1.165) is 20.0 Å². The van der Waals surface area contributed by atoms with Crippen molar-refractivity contribution in [1.29, 1.82) is 0 Å². The van der Waals surface area contributed by atoms with Gasteiger partial charge in [-0.25, -0.2) is 0 Å². The lowest BCUT2D eigenvalue weighted by Crippen LogP contribution is -1.81. The van der Waals surface area contributed by atoms with Gasteiger partial charge in [-0.3, -0.25) is 0 Å². The number of hydrogen-bond acceptors (Lipinski definition) is 2. The highest BCUT2D eigenvalue weighted by Gasteiger charge is 1.91. The van der Waals surface area contributed by atoms with E-state index >= 15 is 0 Å². The molecule has 0 bridgehead atoms. The van der Waals surface area contributed by atoms with Gasteiger partial charge >= 0.3 is 0 Å². The van der Waals surface area contributed by atoms with Crippen molar-refractivity contribution >= 4 is 0 Å². The Morgan fingerprint density at radius 3 is 2.00 bits per heavy atom. The Balaban J connectivity index is -0.000000318. The van der Waals surface area contributed by atoms with Crippen molar-refractivity contribution in [3.05, 3.63) is 36.1 Å². The molecule has 0 radical (unpaired) electrons. The molecule has 0 aromatic heterocycles. The van der Waals surface area contributed by atoms with Gasteiger partial charge in [-0.1, -0.05) is 32.4 Å². The molecular weight excluding hydrogens is 188 g/mol. The summed E-state index contributed by atoms with van der Waals surface area (Å²) < 4.78 is 0. The maximum absolute atomic E-state index is 9.14. The monoisotopic (exact) mass is 214 g/mol. The summed E-state index contributed by atoms with van der Waals surface area (Å²) in [6.45, 7) is 11.5. The smallest absolute Gasteiger partial charge is 0.111 e. The van der Waals surface area contributed by atoms with Gasteiger partial charge in [0.15, 0.2) is 0 Å². The van der Waals surface area contributed by atoms with Gasteiger partial charge in [0.25, 0.3) is 0 Å². The van der Waals surface area contributed by atoms with Gasteiger partial charge in [0.2, 0.25) is 0 Å². The Kier molecular flexibility index (Phi) is 24.4. The van der Waals surface area contributed by atoms with Crippen molar-refractivity contribution in [2.75, 3.05) is 7.11 Å². The van der Waals surface area contributed by atoms with E-state index in [-0.39, 0.29) is 0 Å². The van der Waals surface area contributed by atoms with E-state index < -0.39 is 0 Å². The molecule has 2 nitrogen and oxygen atoms in total. The van der Waals surface area contributed by atoms with Crippen molar-refractivity contribution in [1.82, 2.24) is 0 Å². The molecule has 0 aromatic carbocycles. The first-order valence-electron chi connectivity index (χ1n) is 5.34. The third-order valence-electron chi connectivity index (χ3n) is 1.51. The molecule has 0 fully saturated rings. The van der Waals surface area contributed by atoms with Gasteiger partial charge in [0, 0.05) is 7.11 Å². The second kappa shape index (κ2) is 18.7. The maximum atomic E-state index is 9.14. The Bertz CT molecular complexity index is 179. The Morgan fingerprint density at radius 1 is 1.27 bits per heavy atom. The Morgan fingerprint density at radius 2 is 1.73 bits per heavy atom. The molecule has 15 heavy (non-hydrogen) atoms. The van der Waals surface area contributed by atoms with E-state index in [4.69, 9.17) is 10.2 Å². The number of aliphatic hydroxyl groups excluding tert-OH is 2. The summed E-state index contributed by atoms with van der Waals surface area (Å²) in [5, 5.41) is 16.1. The predicted octanol–water partition coefficient (Wildman–Crippen LogP) is 4.00. The Labute approximate surface area is 94.6 Å². The SMILES string of the molecule is C=CC/C(=C\C(O)=C\C)CC.CC.CO. The van der Waals surface area contributed by atoms with E-state index in [9.17, 15) is 0 Å². The number of aliphatic hydroxyl groups is 2. The summed E-state index contributed by atoms with van der Waals surface area (Å²) in [5.74, 6) is 0.337. The van der Waals surface area contributed by atoms with Gasteiger partial charge < -0.3 is 10.2 Å². The summed E-state index contributed by atoms with van der Waals surface area (Å²) in [7, 11) is 1.00. The largest absolute Gasteiger partial charge is 0.508 e. The Hall–Kier alpha value is -1.02. The van der Waals surface area contributed by atoms with Gasteiger partial charge in [0.05, 0.1) is 0 Å². The van der Waals surface area contributed by atoms with Crippen LogP contribution in [0.15, 0.2) is 36.1 Å². The molecule has 0 saturated heterocycles. The quantitative estimate of drug-likeness (QED) is 0.422. The molecule has 0 amide bonds. The lowest BCUT2D eigenvalue weighted by atomic mass is 10.1. The molecule has 0 atom stereocenters. The van der Waals surface area contributed by atoms with Crippen molar-refractivity contribution in [3.63, 3.8) is 0 Å². The van der Waals surface area contributed by atoms with E-state index in [1.54, 1.807) is 12.2 Å². The van der Waals surface area contributed by atoms with E-state index in [2.05, 4.69) is 13.5 Å². The van der Waals surface area contributed by atoms with Crippen LogP contribution in [-0.2, 0) is 0 Å². The van der Waals surface area contributed by atoms with Crippen LogP contribution in [0.3, 0.4) is 0 Å². The first kappa shape index (κ1) is 19.5. The van der Waals surface area contributed by atoms with E-state index in [0.29, 0.717) is 5.76 Å². The highest BCUT2D eigenvalue weighted by molar-refractivity contribution is 5.18. The van der Waals surface area contributed by atoms with Gasteiger partial charge in [-0.05, 0) is 31.9 Å². The molecule has 0 aliphatic heterocycles. The summed E-state index contributed by atoms with van der Waals surface area (Å²) in [6, 6.07) is 0. The van der Waals surface area contributed by atoms with Crippen LogP contribution in [0, 0.1) is 0 Å². The van der Waals surface area contributed by atoms with Crippen molar-refractivity contribution < 1.29 is 10.2 Å². The number of rotatable bonds is 4. The van der Waals surface area contributed by atoms with Crippen LogP contribution >= 0.6 is 0 Å². The van der Waals surface area contributed by atoms with E-state index in [1.807, 2.05) is 26.8 Å². The summed E-state index contributed by atoms with van der Waals surface area (Å²) in [5.41, 5.74) is 1.20. The zero-order valence-electron chi connectivity index (χ0n) is 10.7. The molecule has 0 rings (SSSR count). The van der Waals surface area contributed by atoms with Crippen LogP contribution in [0.5, 0.6) is 0 Å². The topological polar surface area (TPSA) is 40.5 Å². The minimum atomic E-state index is 0.337. The standard InChI is InChI=1S/C10H16O.C2H6.CH4O/c1-4-7-9(5-2)8-10(11)6-3;2*1-2/h4,6,8,11H,1,5,7H2,2-3H3;1-2H3;2H,1H3/b9-8-,10-6-;;. The second-order valence-electron chi connectivity index (χ2n) is 2.36. The van der Waals surface area contributed by atoms with Crippen molar-refractivity contribution in [2.24, 2.45) is 0 Å². The molecule has 0 unspecified atom stereocenters. The molecule has 0 aliphatic carbocycles. The van der Waals surface area contributed by atoms with Crippen LogP contribution in [-0.4, -0.2) is 17.3 Å². The number of hydrogen-bond donors (Lipinski definition) is 2. The third-order valence-corrected chi connectivity index (χ3v) is 1.51. The van der Waals surface area contributed by atoms with Crippen molar-refractivity contribution in [3.8, 4) is 0 Å². The van der Waals surface area contributed by atoms with Crippen LogP contribution in [0.4, 0.5) is 0 Å². The molecule has 2 N–H and O–H groups in total. The second-order valence-corrected chi connectivity index (χ2v) is 2.36. The normalized spacial score (nSPS) is 10.5. The third kappa shape index (κ3) is 15.7. The van der Waals surface area contributed by atoms with Crippen LogP contribution in [0.2, 0.25) is 0 Å². The van der Waals surface area contributed by atoms with Crippen LogP contribution < -0.4 is 0 Å². The summed E-state index contributed by atoms with van der Waals surface area (Å²) in [6.07, 6.45) is 7.14. The summed E-state index contributed by atoms with van der Waals surface area (Å²) >= 11 is 0. The molecular formula is C13H26O2. The zero-order valence-corrected chi connectivity index (χ0v) is 10.7. The van der Waals surface area contributed by atoms with Gasteiger partial charge in [-0.2, -0.15) is 0 Å². The minimum Gasteiger partial charge on any atom is -0.508 e. The van der Waals surface area contributed by atoms with E-state index in [1.165, 1.54) is 5.57 Å². The van der Waals surface area contributed by atoms with Crippen LogP contribution in [0.1, 0.15) is 40.5 Å². The fourth-order valence-corrected chi connectivity index (χ4v) is 0.783. The highest BCUT2D eigenvalue weighted by atomic mass is 16.3. The molecule has 2 heteroatoms. The molecule has 0 heterocycles. The first-order valence-corrected chi connectivity index (χ1v) is 5.34. The van der Waals surface area contributed by atoms with Crippen molar-refractivity contribution in [2.45, 2.75) is 40.5 Å². The zero-order chi connectivity index (χ0) is 12.7. The fourth-order valence-electron chi connectivity index (χ4n) is 0.783. The average molecular weight is 214 g/mol. The highest BCUT2D eigenvalue weighted by Crippen LogP contribution is 2.09. The minimum absolute atomic E-state index is 0.337.